The normalized spacial score (nSPS) is 9.80. The molecule has 0 fully saturated rings. The molecule has 0 unspecified atom stereocenters. The summed E-state index contributed by atoms with van der Waals surface area (Å²) in [6.45, 7) is -0.109. The lowest BCUT2D eigenvalue weighted by Crippen LogP contribution is -2.05. The fourth-order valence-electron chi connectivity index (χ4n) is 0.654. The number of aromatic nitrogens is 1. The second kappa shape index (κ2) is 2.98. The number of H-pyrrole nitrogens is 1. The van der Waals surface area contributed by atoms with Gasteiger partial charge in [-0.1, -0.05) is 0 Å². The van der Waals surface area contributed by atoms with E-state index in [1.165, 1.54) is 6.07 Å². The quantitative estimate of drug-likeness (QED) is 0.659. The number of aliphatic hydroxyl groups is 1. The van der Waals surface area contributed by atoms with Crippen molar-refractivity contribution in [3.8, 4) is 0 Å². The van der Waals surface area contributed by atoms with E-state index >= 15 is 0 Å². The summed E-state index contributed by atoms with van der Waals surface area (Å²) in [7, 11) is 0. The summed E-state index contributed by atoms with van der Waals surface area (Å²) >= 11 is 3.09. The first-order valence-electron chi connectivity index (χ1n) is 2.72. The number of halogens is 1. The summed E-state index contributed by atoms with van der Waals surface area (Å²) in [6, 6.07) is 3.01. The van der Waals surface area contributed by atoms with E-state index in [0.717, 1.165) is 0 Å². The first kappa shape index (κ1) is 7.50. The minimum absolute atomic E-state index is 0.109. The van der Waals surface area contributed by atoms with Crippen molar-refractivity contribution in [1.82, 2.24) is 4.98 Å². The first-order valence-corrected chi connectivity index (χ1v) is 3.51. The van der Waals surface area contributed by atoms with E-state index in [1.807, 2.05) is 0 Å². The second-order valence-electron chi connectivity index (χ2n) is 1.86. The number of nitrogens with one attached hydrogen (secondary N) is 1. The van der Waals surface area contributed by atoms with Crippen LogP contribution in [0.4, 0.5) is 0 Å². The van der Waals surface area contributed by atoms with Crippen LogP contribution < -0.4 is 5.56 Å². The van der Waals surface area contributed by atoms with Crippen molar-refractivity contribution in [2.75, 3.05) is 0 Å². The zero-order valence-corrected chi connectivity index (χ0v) is 6.68. The van der Waals surface area contributed by atoms with Gasteiger partial charge in [-0.2, -0.15) is 0 Å². The van der Waals surface area contributed by atoms with Gasteiger partial charge in [0, 0.05) is 6.07 Å². The van der Waals surface area contributed by atoms with Crippen molar-refractivity contribution in [3.05, 3.63) is 32.7 Å². The highest BCUT2D eigenvalue weighted by Crippen LogP contribution is 2.04. The van der Waals surface area contributed by atoms with Crippen molar-refractivity contribution >= 4 is 15.9 Å². The zero-order chi connectivity index (χ0) is 7.56. The lowest BCUT2D eigenvalue weighted by molar-refractivity contribution is 0.281. The number of pyridine rings is 1. The fraction of sp³-hybridized carbons (Fsp3) is 0.167. The van der Waals surface area contributed by atoms with Crippen molar-refractivity contribution in [3.63, 3.8) is 0 Å². The summed E-state index contributed by atoms with van der Waals surface area (Å²) in [4.78, 5) is 13.2. The summed E-state index contributed by atoms with van der Waals surface area (Å²) in [5.74, 6) is 0. The van der Waals surface area contributed by atoms with E-state index in [4.69, 9.17) is 5.11 Å². The van der Waals surface area contributed by atoms with Gasteiger partial charge in [0.15, 0.2) is 0 Å². The molecule has 0 aliphatic carbocycles. The third-order valence-corrected chi connectivity index (χ3v) is 1.48. The van der Waals surface area contributed by atoms with Gasteiger partial charge in [-0.05, 0) is 27.6 Å². The maximum Gasteiger partial charge on any atom is 0.249 e. The molecule has 1 aromatic rings. The molecule has 0 radical (unpaired) electrons. The monoisotopic (exact) mass is 203 g/mol. The highest BCUT2D eigenvalue weighted by atomic mass is 79.9. The largest absolute Gasteiger partial charge is 0.392 e. The van der Waals surface area contributed by atoms with E-state index in [2.05, 4.69) is 20.9 Å². The average molecular weight is 204 g/mol. The summed E-state index contributed by atoms with van der Waals surface area (Å²) in [5, 5.41) is 8.61. The van der Waals surface area contributed by atoms with Gasteiger partial charge in [-0.15, -0.1) is 0 Å². The number of hydrogen-bond donors (Lipinski definition) is 2. The van der Waals surface area contributed by atoms with Crippen LogP contribution in [0, 0.1) is 0 Å². The molecule has 0 saturated heterocycles. The molecule has 0 atom stereocenters. The highest BCUT2D eigenvalue weighted by molar-refractivity contribution is 9.10. The van der Waals surface area contributed by atoms with Crippen molar-refractivity contribution in [1.29, 1.82) is 0 Å². The van der Waals surface area contributed by atoms with E-state index in [9.17, 15) is 4.79 Å². The smallest absolute Gasteiger partial charge is 0.249 e. The van der Waals surface area contributed by atoms with Gasteiger partial charge in [-0.25, -0.2) is 0 Å². The molecule has 54 valence electrons. The molecule has 1 heterocycles. The molecule has 1 aromatic heterocycles. The molecule has 0 spiro atoms. The van der Waals surface area contributed by atoms with Crippen LogP contribution >= 0.6 is 15.9 Å². The molecule has 2 N–H and O–H groups in total. The number of aromatic amines is 1. The topological polar surface area (TPSA) is 53.1 Å². The molecule has 0 aliphatic heterocycles. The fourth-order valence-corrected chi connectivity index (χ4v) is 1.14. The van der Waals surface area contributed by atoms with Crippen LogP contribution in [0.2, 0.25) is 0 Å². The molecule has 0 amide bonds. The molecule has 0 aliphatic rings. The van der Waals surface area contributed by atoms with Gasteiger partial charge < -0.3 is 10.1 Å². The van der Waals surface area contributed by atoms with Gasteiger partial charge >= 0.3 is 0 Å². The summed E-state index contributed by atoms with van der Waals surface area (Å²) in [5.41, 5.74) is 0.397. The Kier molecular flexibility index (Phi) is 2.24. The van der Waals surface area contributed by atoms with Gasteiger partial charge in [-0.3, -0.25) is 4.79 Å². The van der Waals surface area contributed by atoms with Crippen molar-refractivity contribution in [2.24, 2.45) is 0 Å². The average Bonchev–Trinajstić information content (AvgIpc) is 1.85. The standard InChI is InChI=1S/C6H6BrNO2/c7-5-1-4(3-9)2-6(10)8-5/h1-2,9H,3H2,(H,8,10). The highest BCUT2D eigenvalue weighted by Gasteiger charge is 1.93. The molecular weight excluding hydrogens is 198 g/mol. The zero-order valence-electron chi connectivity index (χ0n) is 5.10. The van der Waals surface area contributed by atoms with Crippen LogP contribution in [0.15, 0.2) is 21.5 Å². The number of rotatable bonds is 1. The Labute approximate surface area is 65.8 Å². The van der Waals surface area contributed by atoms with Gasteiger partial charge in [0.2, 0.25) is 5.56 Å². The molecule has 1 rings (SSSR count). The van der Waals surface area contributed by atoms with Crippen LogP contribution in [0.5, 0.6) is 0 Å². The van der Waals surface area contributed by atoms with E-state index in [0.29, 0.717) is 10.2 Å². The van der Waals surface area contributed by atoms with Gasteiger partial charge in [0.1, 0.15) is 0 Å². The number of aliphatic hydroxyl groups excluding tert-OH is 1. The van der Waals surface area contributed by atoms with Crippen molar-refractivity contribution in [2.45, 2.75) is 6.61 Å². The Balaban J connectivity index is 3.19. The lowest BCUT2D eigenvalue weighted by atomic mass is 10.3. The van der Waals surface area contributed by atoms with Crippen LogP contribution in [0.1, 0.15) is 5.56 Å². The molecule has 0 aromatic carbocycles. The molecule has 3 nitrogen and oxygen atoms in total. The SMILES string of the molecule is O=c1cc(CO)cc(Br)[nH]1. The van der Waals surface area contributed by atoms with Crippen LogP contribution in [0.3, 0.4) is 0 Å². The predicted octanol–water partition coefficient (Wildman–Crippen LogP) is 0.630. The Hall–Kier alpha value is -0.610. The number of hydrogen-bond acceptors (Lipinski definition) is 2. The third-order valence-electron chi connectivity index (χ3n) is 1.05. The molecule has 4 heteroatoms. The van der Waals surface area contributed by atoms with Gasteiger partial charge in [0.25, 0.3) is 0 Å². The molecule has 10 heavy (non-hydrogen) atoms. The van der Waals surface area contributed by atoms with Crippen LogP contribution in [-0.2, 0) is 6.61 Å². The maximum absolute atomic E-state index is 10.7. The Morgan fingerprint density at radius 1 is 1.60 bits per heavy atom. The summed E-state index contributed by atoms with van der Waals surface area (Å²) < 4.78 is 0.587. The molecule has 0 saturated carbocycles. The minimum atomic E-state index is -0.210. The van der Waals surface area contributed by atoms with E-state index in [-0.39, 0.29) is 12.2 Å². The van der Waals surface area contributed by atoms with Gasteiger partial charge in [0.05, 0.1) is 11.2 Å². The summed E-state index contributed by atoms with van der Waals surface area (Å²) in [6.07, 6.45) is 0. The van der Waals surface area contributed by atoms with Crippen molar-refractivity contribution < 1.29 is 5.11 Å². The van der Waals surface area contributed by atoms with Crippen LogP contribution in [0.25, 0.3) is 0 Å². The Morgan fingerprint density at radius 3 is 2.80 bits per heavy atom. The molecular formula is C6H6BrNO2. The van der Waals surface area contributed by atoms with Crippen LogP contribution in [-0.4, -0.2) is 10.1 Å². The lowest BCUT2D eigenvalue weighted by Gasteiger charge is -1.93. The third kappa shape index (κ3) is 1.68. The maximum atomic E-state index is 10.7. The predicted molar refractivity (Wildman–Crippen MR) is 40.7 cm³/mol. The molecule has 0 bridgehead atoms. The first-order chi connectivity index (χ1) is 4.72. The Bertz CT molecular complexity index is 281. The second-order valence-corrected chi connectivity index (χ2v) is 2.71. The minimum Gasteiger partial charge on any atom is -0.392 e. The Morgan fingerprint density at radius 2 is 2.30 bits per heavy atom. The van der Waals surface area contributed by atoms with E-state index < -0.39 is 0 Å². The van der Waals surface area contributed by atoms with E-state index in [1.54, 1.807) is 6.07 Å².